The van der Waals surface area contributed by atoms with Crippen molar-refractivity contribution in [3.63, 3.8) is 0 Å². The number of amides is 2. The summed E-state index contributed by atoms with van der Waals surface area (Å²) in [6.45, 7) is 1.90. The lowest BCUT2D eigenvalue weighted by Crippen LogP contribution is -2.55. The minimum Gasteiger partial charge on any atom is -0.497 e. The zero-order valence-corrected chi connectivity index (χ0v) is 24.8. The van der Waals surface area contributed by atoms with Crippen LogP contribution in [0.25, 0.3) is 0 Å². The summed E-state index contributed by atoms with van der Waals surface area (Å²) < 4.78 is 40.5. The molecule has 0 fully saturated rings. The maximum Gasteiger partial charge on any atom is 0.276 e. The van der Waals surface area contributed by atoms with E-state index in [4.69, 9.17) is 9.47 Å². The minimum absolute atomic E-state index is 0.0152. The minimum atomic E-state index is -4.53. The Hall–Kier alpha value is -4.73. The average molecular weight is 648 g/mol. The molecule has 1 aliphatic heterocycles. The summed E-state index contributed by atoms with van der Waals surface area (Å²) in [6.07, 6.45) is 1.46. The maximum absolute atomic E-state index is 14.7. The molecule has 4 aromatic rings. The Labute approximate surface area is 250 Å². The zero-order chi connectivity index (χ0) is 30.1. The van der Waals surface area contributed by atoms with E-state index in [0.29, 0.717) is 10.1 Å². The number of nitrogens with one attached hydrogen (secondary N) is 1. The number of carbonyl (C=O) groups excluding carboxylic acids is 2. The van der Waals surface area contributed by atoms with Gasteiger partial charge in [0, 0.05) is 21.8 Å². The van der Waals surface area contributed by atoms with Crippen LogP contribution in [0.15, 0.2) is 94.4 Å². The number of pyridine rings is 1. The van der Waals surface area contributed by atoms with Gasteiger partial charge in [-0.05, 0) is 85.8 Å². The van der Waals surface area contributed by atoms with Gasteiger partial charge in [0.2, 0.25) is 5.88 Å². The van der Waals surface area contributed by atoms with Gasteiger partial charge < -0.3 is 14.8 Å². The van der Waals surface area contributed by atoms with Gasteiger partial charge in [0.1, 0.15) is 5.75 Å². The topological polar surface area (TPSA) is 139 Å². The van der Waals surface area contributed by atoms with Crippen molar-refractivity contribution in [1.82, 2.24) is 10.3 Å². The second kappa shape index (κ2) is 11.3. The molecule has 0 radical (unpaired) electrons. The molecule has 2 heterocycles. The van der Waals surface area contributed by atoms with Crippen LogP contribution >= 0.6 is 15.9 Å². The number of aromatic nitrogens is 1. The van der Waals surface area contributed by atoms with E-state index in [9.17, 15) is 23.3 Å². The van der Waals surface area contributed by atoms with Crippen LogP contribution in [0.2, 0.25) is 0 Å². The Bertz CT molecular complexity index is 1840. The lowest BCUT2D eigenvalue weighted by molar-refractivity contribution is -0.121. The lowest BCUT2D eigenvalue weighted by atomic mass is 9.83. The summed E-state index contributed by atoms with van der Waals surface area (Å²) in [6, 6.07) is 21.3. The monoisotopic (exact) mass is 646 g/mol. The van der Waals surface area contributed by atoms with E-state index in [2.05, 4.69) is 26.2 Å². The first-order valence-corrected chi connectivity index (χ1v) is 14.9. The summed E-state index contributed by atoms with van der Waals surface area (Å²) in [7, 11) is -3.08. The fourth-order valence-corrected chi connectivity index (χ4v) is 6.50. The van der Waals surface area contributed by atoms with Crippen LogP contribution in [-0.4, -0.2) is 38.9 Å². The van der Waals surface area contributed by atoms with Crippen molar-refractivity contribution in [1.29, 1.82) is 5.26 Å². The third-order valence-corrected chi connectivity index (χ3v) is 8.95. The fraction of sp³-hybridized carbons (Fsp3) is 0.133. The van der Waals surface area contributed by atoms with E-state index in [0.717, 1.165) is 4.47 Å². The molecule has 1 N–H and O–H groups in total. The van der Waals surface area contributed by atoms with Gasteiger partial charge in [0.15, 0.2) is 5.54 Å². The number of sulfonamides is 1. The maximum atomic E-state index is 14.7. The number of rotatable bonds is 8. The van der Waals surface area contributed by atoms with Gasteiger partial charge >= 0.3 is 0 Å². The number of nitrogens with zero attached hydrogens (tertiary/aromatic N) is 3. The van der Waals surface area contributed by atoms with Crippen LogP contribution in [0, 0.1) is 11.3 Å². The van der Waals surface area contributed by atoms with Crippen molar-refractivity contribution in [2.45, 2.75) is 17.4 Å². The summed E-state index contributed by atoms with van der Waals surface area (Å²) in [4.78, 5) is 32.6. The average Bonchev–Trinajstić information content (AvgIpc) is 3.25. The van der Waals surface area contributed by atoms with E-state index in [1.165, 1.54) is 61.8 Å². The lowest BCUT2D eigenvalue weighted by Gasteiger charge is -2.31. The van der Waals surface area contributed by atoms with Gasteiger partial charge in [0.05, 0.1) is 41.5 Å². The molecule has 0 aliphatic carbocycles. The van der Waals surface area contributed by atoms with Crippen molar-refractivity contribution in [2.24, 2.45) is 0 Å². The molecule has 0 saturated heterocycles. The number of nitriles is 1. The number of halogens is 1. The molecule has 2 amide bonds. The summed E-state index contributed by atoms with van der Waals surface area (Å²) in [5.74, 6) is -1.22. The van der Waals surface area contributed by atoms with Crippen molar-refractivity contribution in [3.05, 3.63) is 112 Å². The third kappa shape index (κ3) is 4.76. The van der Waals surface area contributed by atoms with Gasteiger partial charge in [-0.1, -0.05) is 15.9 Å². The van der Waals surface area contributed by atoms with Crippen molar-refractivity contribution in [3.8, 4) is 17.7 Å². The second-order valence-electron chi connectivity index (χ2n) is 9.09. The molecular formula is C30H23BrN4O6S. The molecular weight excluding hydrogens is 624 g/mol. The van der Waals surface area contributed by atoms with Crippen LogP contribution in [0.5, 0.6) is 11.6 Å². The molecule has 3 aromatic carbocycles. The van der Waals surface area contributed by atoms with Crippen molar-refractivity contribution in [2.75, 3.05) is 18.0 Å². The Morgan fingerprint density at radius 2 is 1.79 bits per heavy atom. The molecule has 1 aliphatic rings. The molecule has 0 spiro atoms. The smallest absolute Gasteiger partial charge is 0.276 e. The van der Waals surface area contributed by atoms with Crippen LogP contribution in [0.3, 0.4) is 0 Å². The van der Waals surface area contributed by atoms with Crippen LogP contribution < -0.4 is 19.1 Å². The highest BCUT2D eigenvalue weighted by Crippen LogP contribution is 2.49. The van der Waals surface area contributed by atoms with Crippen molar-refractivity contribution < 1.29 is 27.5 Å². The molecule has 1 aromatic heterocycles. The number of hydrogen-bond acceptors (Lipinski definition) is 8. The molecule has 12 heteroatoms. The van der Waals surface area contributed by atoms with Gasteiger partial charge in [0.25, 0.3) is 21.8 Å². The molecule has 0 saturated carbocycles. The van der Waals surface area contributed by atoms with Crippen LogP contribution in [-0.2, 0) is 20.4 Å². The van der Waals surface area contributed by atoms with Crippen molar-refractivity contribution >= 4 is 43.5 Å². The number of methoxy groups -OCH3 is 1. The molecule has 1 unspecified atom stereocenters. The van der Waals surface area contributed by atoms with E-state index >= 15 is 0 Å². The highest BCUT2D eigenvalue weighted by Gasteiger charge is 2.58. The molecule has 5 rings (SSSR count). The van der Waals surface area contributed by atoms with E-state index in [1.54, 1.807) is 37.3 Å². The third-order valence-electron chi connectivity index (χ3n) is 6.72. The molecule has 42 heavy (non-hydrogen) atoms. The fourth-order valence-electron chi connectivity index (χ4n) is 4.77. The molecule has 212 valence electrons. The molecule has 1 atom stereocenters. The summed E-state index contributed by atoms with van der Waals surface area (Å²) in [5.41, 5.74) is -1.63. The predicted octanol–water partition coefficient (Wildman–Crippen LogP) is 4.53. The van der Waals surface area contributed by atoms with Crippen LogP contribution in [0.4, 0.5) is 5.69 Å². The molecule has 0 bridgehead atoms. The number of fused-ring (bicyclic) bond motifs is 1. The zero-order valence-electron chi connectivity index (χ0n) is 22.4. The Morgan fingerprint density at radius 3 is 2.43 bits per heavy atom. The highest BCUT2D eigenvalue weighted by atomic mass is 79.9. The second-order valence-corrected chi connectivity index (χ2v) is 11.8. The normalized spacial score (nSPS) is 16.0. The van der Waals surface area contributed by atoms with Crippen LogP contribution in [0.1, 0.15) is 34.0 Å². The first-order valence-electron chi connectivity index (χ1n) is 12.6. The Morgan fingerprint density at radius 1 is 1.07 bits per heavy atom. The predicted molar refractivity (Wildman–Crippen MR) is 157 cm³/mol. The number of anilines is 1. The Balaban J connectivity index is 1.80. The standard InChI is InChI=1S/C30H23BrN4O6S/c1-3-41-28-24(5-4-16-33-28)30(34-27(36)20-7-9-21(31)10-8-20)25-17-19(18-32)6-15-26(25)35(29(30)37)42(38,39)23-13-11-22(40-2)12-14-23/h4-17H,3H2,1-2H3,(H,34,36). The number of carbonyl (C=O) groups is 2. The SMILES string of the molecule is CCOc1ncccc1C1(NC(=O)c2ccc(Br)cc2)C(=O)N(S(=O)(=O)c2ccc(OC)cc2)c2ccc(C#N)cc21. The highest BCUT2D eigenvalue weighted by molar-refractivity contribution is 9.10. The van der Waals surface area contributed by atoms with Gasteiger partial charge in [-0.2, -0.15) is 9.57 Å². The first-order chi connectivity index (χ1) is 20.2. The summed E-state index contributed by atoms with van der Waals surface area (Å²) >= 11 is 3.34. The number of benzene rings is 3. The Kier molecular flexibility index (Phi) is 7.73. The van der Waals surface area contributed by atoms with E-state index < -0.39 is 27.4 Å². The quantitative estimate of drug-likeness (QED) is 0.295. The largest absolute Gasteiger partial charge is 0.497 e. The summed E-state index contributed by atoms with van der Waals surface area (Å²) in [5, 5.41) is 12.6. The van der Waals surface area contributed by atoms with E-state index in [-0.39, 0.29) is 45.3 Å². The van der Waals surface area contributed by atoms with E-state index in [1.807, 2.05) is 6.07 Å². The van der Waals surface area contributed by atoms with Gasteiger partial charge in [-0.15, -0.1) is 0 Å². The number of ether oxygens (including phenoxy) is 2. The van der Waals surface area contributed by atoms with Gasteiger partial charge in [-0.3, -0.25) is 9.59 Å². The van der Waals surface area contributed by atoms with Gasteiger partial charge in [-0.25, -0.2) is 13.4 Å². The number of hydrogen-bond donors (Lipinski definition) is 1. The molecule has 10 nitrogen and oxygen atoms in total. The first kappa shape index (κ1) is 28.8.